The Kier molecular flexibility index (Phi) is 6.86. The normalized spacial score (nSPS) is 16.3. The lowest BCUT2D eigenvalue weighted by atomic mass is 10.2. The molecule has 1 saturated heterocycles. The number of hydrogen-bond donors (Lipinski definition) is 0. The first-order valence-electron chi connectivity index (χ1n) is 9.40. The molecule has 0 bridgehead atoms. The quantitative estimate of drug-likeness (QED) is 0.308. The molecule has 0 N–H and O–H groups in total. The van der Waals surface area contributed by atoms with Crippen LogP contribution < -0.4 is 4.74 Å². The Hall–Kier alpha value is -2.87. The summed E-state index contributed by atoms with van der Waals surface area (Å²) < 4.78 is 5.90. The number of aliphatic imine (C=N–C) groups is 1. The van der Waals surface area contributed by atoms with E-state index in [1.54, 1.807) is 17.2 Å². The van der Waals surface area contributed by atoms with Crippen molar-refractivity contribution in [3.63, 3.8) is 0 Å². The predicted molar refractivity (Wildman–Crippen MR) is 129 cm³/mol. The number of carbonyl (C=O) groups excluding carboxylic acids is 1. The molecule has 0 saturated carbocycles. The van der Waals surface area contributed by atoms with E-state index in [-0.39, 0.29) is 5.91 Å². The lowest BCUT2D eigenvalue weighted by Gasteiger charge is -2.11. The summed E-state index contributed by atoms with van der Waals surface area (Å²) in [5.74, 6) is 0.618. The molecule has 156 valence electrons. The van der Waals surface area contributed by atoms with Gasteiger partial charge in [0.25, 0.3) is 5.91 Å². The van der Waals surface area contributed by atoms with Crippen molar-refractivity contribution in [2.75, 3.05) is 6.54 Å². The van der Waals surface area contributed by atoms with Crippen molar-refractivity contribution in [2.45, 2.75) is 6.61 Å². The van der Waals surface area contributed by atoms with Gasteiger partial charge < -0.3 is 4.74 Å². The lowest BCUT2D eigenvalue weighted by Crippen LogP contribution is -2.29. The van der Waals surface area contributed by atoms with Gasteiger partial charge in [0.2, 0.25) is 5.13 Å². The highest BCUT2D eigenvalue weighted by Gasteiger charge is 2.32. The molecule has 1 aliphatic heterocycles. The van der Waals surface area contributed by atoms with E-state index >= 15 is 0 Å². The molecule has 0 atom stereocenters. The molecule has 5 nitrogen and oxygen atoms in total. The summed E-state index contributed by atoms with van der Waals surface area (Å²) in [6.07, 6.45) is 5.22. The topological polar surface area (TPSA) is 54.8 Å². The van der Waals surface area contributed by atoms with E-state index in [9.17, 15) is 4.79 Å². The van der Waals surface area contributed by atoms with Crippen LogP contribution in [0.2, 0.25) is 5.02 Å². The van der Waals surface area contributed by atoms with Gasteiger partial charge in [0.1, 0.15) is 12.4 Å². The van der Waals surface area contributed by atoms with Crippen LogP contribution in [0.3, 0.4) is 0 Å². The zero-order valence-corrected chi connectivity index (χ0v) is 18.8. The maximum absolute atomic E-state index is 12.9. The average molecular weight is 468 g/mol. The van der Waals surface area contributed by atoms with Crippen LogP contribution in [0, 0.1) is 0 Å². The van der Waals surface area contributed by atoms with E-state index in [2.05, 4.69) is 16.6 Å². The van der Waals surface area contributed by atoms with Gasteiger partial charge in [-0.1, -0.05) is 41.9 Å². The zero-order chi connectivity index (χ0) is 21.6. The first-order chi connectivity index (χ1) is 15.1. The van der Waals surface area contributed by atoms with Crippen LogP contribution in [0.25, 0.3) is 6.08 Å². The molecule has 0 spiro atoms. The maximum Gasteiger partial charge on any atom is 0.267 e. The number of hydrogen-bond acceptors (Lipinski definition) is 6. The second-order valence-corrected chi connectivity index (χ2v) is 8.83. The van der Waals surface area contributed by atoms with Gasteiger partial charge in [0.05, 0.1) is 4.91 Å². The molecule has 1 aliphatic rings. The molecule has 1 aromatic heterocycles. The number of thioether (sulfide) groups is 1. The number of ether oxygens (including phenoxy) is 1. The SMILES string of the molecule is C=CCN1C(=O)/C(=C/c2cccc(OCc3ccc(Cl)cc3)c2)S/C1=N/c1nccs1. The molecule has 1 fully saturated rings. The van der Waals surface area contributed by atoms with E-state index < -0.39 is 0 Å². The van der Waals surface area contributed by atoms with Crippen LogP contribution in [-0.4, -0.2) is 27.5 Å². The third-order valence-electron chi connectivity index (χ3n) is 4.28. The highest BCUT2D eigenvalue weighted by atomic mass is 35.5. The molecule has 0 radical (unpaired) electrons. The summed E-state index contributed by atoms with van der Waals surface area (Å²) in [6, 6.07) is 15.2. The summed E-state index contributed by atoms with van der Waals surface area (Å²) in [4.78, 5) is 23.8. The first-order valence-corrected chi connectivity index (χ1v) is 11.5. The summed E-state index contributed by atoms with van der Waals surface area (Å²) >= 11 is 8.68. The van der Waals surface area contributed by atoms with Crippen molar-refractivity contribution < 1.29 is 9.53 Å². The Morgan fingerprint density at radius 2 is 2.06 bits per heavy atom. The third kappa shape index (κ3) is 5.44. The van der Waals surface area contributed by atoms with Crippen molar-refractivity contribution in [3.8, 4) is 5.75 Å². The van der Waals surface area contributed by atoms with Gasteiger partial charge in [-0.25, -0.2) is 4.98 Å². The first kappa shape index (κ1) is 21.4. The average Bonchev–Trinajstić information content (AvgIpc) is 3.38. The number of thiazole rings is 1. The molecule has 4 rings (SSSR count). The van der Waals surface area contributed by atoms with E-state index in [0.717, 1.165) is 16.9 Å². The number of halogens is 1. The number of rotatable bonds is 7. The fraction of sp³-hybridized carbons (Fsp3) is 0.0870. The second-order valence-electron chi connectivity index (χ2n) is 6.51. The van der Waals surface area contributed by atoms with Crippen molar-refractivity contribution in [1.29, 1.82) is 0 Å². The molecule has 2 aromatic carbocycles. The molecule has 0 aliphatic carbocycles. The minimum atomic E-state index is -0.104. The molecule has 1 amide bonds. The van der Waals surface area contributed by atoms with Gasteiger partial charge in [0, 0.05) is 23.1 Å². The van der Waals surface area contributed by atoms with E-state index in [4.69, 9.17) is 16.3 Å². The Morgan fingerprint density at radius 1 is 1.23 bits per heavy atom. The Morgan fingerprint density at radius 3 is 2.81 bits per heavy atom. The predicted octanol–water partition coefficient (Wildman–Crippen LogP) is 6.17. The van der Waals surface area contributed by atoms with Crippen molar-refractivity contribution in [2.24, 2.45) is 4.99 Å². The van der Waals surface area contributed by atoms with Crippen LogP contribution in [-0.2, 0) is 11.4 Å². The van der Waals surface area contributed by atoms with Crippen LogP contribution in [0.5, 0.6) is 5.75 Å². The Balaban J connectivity index is 1.52. The van der Waals surface area contributed by atoms with Gasteiger partial charge in [0.15, 0.2) is 5.17 Å². The van der Waals surface area contributed by atoms with Crippen LogP contribution in [0.4, 0.5) is 5.13 Å². The van der Waals surface area contributed by atoms with Gasteiger partial charge in [-0.15, -0.1) is 17.9 Å². The zero-order valence-electron chi connectivity index (χ0n) is 16.4. The molecular formula is C23H18ClN3O2S2. The fourth-order valence-corrected chi connectivity index (χ4v) is 4.50. The van der Waals surface area contributed by atoms with Gasteiger partial charge >= 0.3 is 0 Å². The summed E-state index contributed by atoms with van der Waals surface area (Å²) in [5, 5.41) is 3.76. The number of aromatic nitrogens is 1. The fourth-order valence-electron chi connectivity index (χ4n) is 2.83. The van der Waals surface area contributed by atoms with E-state index in [0.29, 0.717) is 33.4 Å². The molecule has 31 heavy (non-hydrogen) atoms. The number of carbonyl (C=O) groups is 1. The molecule has 2 heterocycles. The summed E-state index contributed by atoms with van der Waals surface area (Å²) in [5.41, 5.74) is 1.90. The van der Waals surface area contributed by atoms with Crippen LogP contribution in [0.15, 0.2) is 82.7 Å². The minimum Gasteiger partial charge on any atom is -0.489 e. The largest absolute Gasteiger partial charge is 0.489 e. The Bertz CT molecular complexity index is 1140. The molecule has 8 heteroatoms. The number of benzene rings is 2. The van der Waals surface area contributed by atoms with Crippen LogP contribution >= 0.6 is 34.7 Å². The molecule has 0 unspecified atom stereocenters. The van der Waals surface area contributed by atoms with E-state index in [1.807, 2.05) is 60.0 Å². The standard InChI is InChI=1S/C23H18ClN3O2S2/c1-2-11-27-21(28)20(31-23(27)26-22-25-10-12-30-22)14-17-4-3-5-19(13-17)29-15-16-6-8-18(24)9-7-16/h2-10,12-14H,1,11,15H2/b20-14-,26-23+. The monoisotopic (exact) mass is 467 g/mol. The van der Waals surface area contributed by atoms with Crippen LogP contribution in [0.1, 0.15) is 11.1 Å². The second kappa shape index (κ2) is 9.96. The third-order valence-corrected chi connectivity index (χ3v) is 6.21. The molecule has 3 aromatic rings. The van der Waals surface area contributed by atoms with Gasteiger partial charge in [-0.2, -0.15) is 4.99 Å². The number of amidine groups is 1. The highest BCUT2D eigenvalue weighted by Crippen LogP contribution is 2.34. The smallest absolute Gasteiger partial charge is 0.267 e. The number of nitrogens with zero attached hydrogens (tertiary/aromatic N) is 3. The van der Waals surface area contributed by atoms with E-state index in [1.165, 1.54) is 23.1 Å². The van der Waals surface area contributed by atoms with Gasteiger partial charge in [-0.05, 0) is 53.2 Å². The number of amides is 1. The van der Waals surface area contributed by atoms with Crippen molar-refractivity contribution in [1.82, 2.24) is 9.88 Å². The summed E-state index contributed by atoms with van der Waals surface area (Å²) in [6.45, 7) is 4.57. The van der Waals surface area contributed by atoms with Crippen molar-refractivity contribution >= 4 is 57.0 Å². The maximum atomic E-state index is 12.9. The Labute approximate surface area is 193 Å². The summed E-state index contributed by atoms with van der Waals surface area (Å²) in [7, 11) is 0. The van der Waals surface area contributed by atoms with Crippen molar-refractivity contribution in [3.05, 3.63) is 93.8 Å². The molecular weight excluding hydrogens is 450 g/mol. The highest BCUT2D eigenvalue weighted by molar-refractivity contribution is 8.18. The lowest BCUT2D eigenvalue weighted by molar-refractivity contribution is -0.121. The minimum absolute atomic E-state index is 0.104. The van der Waals surface area contributed by atoms with Gasteiger partial charge in [-0.3, -0.25) is 9.69 Å².